The Bertz CT molecular complexity index is 1160. The molecule has 2 heterocycles. The number of ether oxygens (including phenoxy) is 1. The van der Waals surface area contributed by atoms with Gasteiger partial charge in [0, 0.05) is 5.70 Å². The van der Waals surface area contributed by atoms with E-state index in [1.807, 2.05) is 30.3 Å². The zero-order valence-corrected chi connectivity index (χ0v) is 16.6. The first-order valence-corrected chi connectivity index (χ1v) is 9.87. The van der Waals surface area contributed by atoms with E-state index < -0.39 is 0 Å². The molecule has 1 aliphatic rings. The Hall–Kier alpha value is -3.93. The summed E-state index contributed by atoms with van der Waals surface area (Å²) in [6.07, 6.45) is 2.15. The van der Waals surface area contributed by atoms with E-state index in [4.69, 9.17) is 4.74 Å². The average Bonchev–Trinajstić information content (AvgIpc) is 3.27. The van der Waals surface area contributed by atoms with Gasteiger partial charge in [-0.3, -0.25) is 0 Å². The highest BCUT2D eigenvalue weighted by Crippen LogP contribution is 2.32. The standard InChI is InChI=1S/C24H21N5O/c1-17-7-9-19(10-8-17)22-15-23(29-24(25-22)26-27-28-29)20-11-13-21(14-12-20)30-16-18-5-3-2-4-6-18/h2-15,23H,16H2,1H3,(H,25,26,28)/t23-/m1/s1. The highest BCUT2D eigenvalue weighted by Gasteiger charge is 2.24. The summed E-state index contributed by atoms with van der Waals surface area (Å²) in [4.78, 5) is 0. The Labute approximate surface area is 174 Å². The minimum atomic E-state index is -0.101. The number of anilines is 1. The summed E-state index contributed by atoms with van der Waals surface area (Å²) < 4.78 is 7.70. The highest BCUT2D eigenvalue weighted by atomic mass is 16.5. The van der Waals surface area contributed by atoms with Gasteiger partial charge in [0.1, 0.15) is 18.4 Å². The molecule has 3 aromatic carbocycles. The van der Waals surface area contributed by atoms with Crippen molar-refractivity contribution in [2.24, 2.45) is 0 Å². The Morgan fingerprint density at radius 2 is 1.70 bits per heavy atom. The van der Waals surface area contributed by atoms with Crippen LogP contribution in [0.3, 0.4) is 0 Å². The van der Waals surface area contributed by atoms with Crippen molar-refractivity contribution in [2.45, 2.75) is 19.6 Å². The zero-order chi connectivity index (χ0) is 20.3. The molecule has 6 nitrogen and oxygen atoms in total. The first kappa shape index (κ1) is 18.1. The summed E-state index contributed by atoms with van der Waals surface area (Å²) in [5.74, 6) is 1.46. The molecule has 1 atom stereocenters. The maximum Gasteiger partial charge on any atom is 0.248 e. The third kappa shape index (κ3) is 3.67. The Morgan fingerprint density at radius 1 is 0.933 bits per heavy atom. The lowest BCUT2D eigenvalue weighted by molar-refractivity contribution is 0.306. The second-order valence-electron chi connectivity index (χ2n) is 7.31. The van der Waals surface area contributed by atoms with Crippen LogP contribution in [0.15, 0.2) is 84.9 Å². The lowest BCUT2D eigenvalue weighted by atomic mass is 10.0. The van der Waals surface area contributed by atoms with Crippen LogP contribution >= 0.6 is 0 Å². The van der Waals surface area contributed by atoms with Crippen molar-refractivity contribution in [1.82, 2.24) is 20.2 Å². The number of hydrogen-bond donors (Lipinski definition) is 1. The molecule has 148 valence electrons. The highest BCUT2D eigenvalue weighted by molar-refractivity contribution is 5.77. The van der Waals surface area contributed by atoms with E-state index in [0.717, 1.165) is 28.1 Å². The van der Waals surface area contributed by atoms with Gasteiger partial charge in [-0.25, -0.2) is 0 Å². The number of allylic oxidation sites excluding steroid dienone is 1. The van der Waals surface area contributed by atoms with Crippen molar-refractivity contribution in [3.8, 4) is 5.75 Å². The van der Waals surface area contributed by atoms with Crippen LogP contribution in [0.5, 0.6) is 5.75 Å². The smallest absolute Gasteiger partial charge is 0.248 e. The third-order valence-corrected chi connectivity index (χ3v) is 5.16. The fraction of sp³-hybridized carbons (Fsp3) is 0.125. The van der Waals surface area contributed by atoms with E-state index in [-0.39, 0.29) is 6.04 Å². The van der Waals surface area contributed by atoms with Gasteiger partial charge in [-0.1, -0.05) is 77.4 Å². The summed E-state index contributed by atoms with van der Waals surface area (Å²) in [5, 5.41) is 15.5. The van der Waals surface area contributed by atoms with Crippen molar-refractivity contribution in [3.63, 3.8) is 0 Å². The van der Waals surface area contributed by atoms with E-state index in [9.17, 15) is 0 Å². The number of nitrogens with zero attached hydrogens (tertiary/aromatic N) is 4. The lowest BCUT2D eigenvalue weighted by Gasteiger charge is -2.23. The monoisotopic (exact) mass is 395 g/mol. The number of rotatable bonds is 5. The van der Waals surface area contributed by atoms with Crippen LogP contribution in [0.25, 0.3) is 5.70 Å². The molecule has 1 N–H and O–H groups in total. The number of aromatic nitrogens is 4. The van der Waals surface area contributed by atoms with Gasteiger partial charge in [0.25, 0.3) is 0 Å². The Kier molecular flexibility index (Phi) is 4.73. The quantitative estimate of drug-likeness (QED) is 0.534. The number of tetrazole rings is 1. The van der Waals surface area contributed by atoms with Crippen LogP contribution in [0, 0.1) is 6.92 Å². The first-order valence-electron chi connectivity index (χ1n) is 9.87. The number of aryl methyl sites for hydroxylation is 1. The van der Waals surface area contributed by atoms with Crippen LogP contribution in [0.1, 0.15) is 28.3 Å². The van der Waals surface area contributed by atoms with Gasteiger partial charge in [0.05, 0.1) is 0 Å². The second kappa shape index (κ2) is 7.83. The molecule has 0 radical (unpaired) electrons. The van der Waals surface area contributed by atoms with Crippen LogP contribution in [-0.2, 0) is 6.61 Å². The summed E-state index contributed by atoms with van der Waals surface area (Å²) in [6.45, 7) is 2.62. The maximum absolute atomic E-state index is 5.92. The first-order chi connectivity index (χ1) is 14.8. The largest absolute Gasteiger partial charge is 0.489 e. The summed E-state index contributed by atoms with van der Waals surface area (Å²) >= 11 is 0. The van der Waals surface area contributed by atoms with Gasteiger partial charge >= 0.3 is 0 Å². The van der Waals surface area contributed by atoms with E-state index in [0.29, 0.717) is 12.6 Å². The molecule has 5 rings (SSSR count). The molecular formula is C24H21N5O. The molecule has 0 spiro atoms. The molecule has 30 heavy (non-hydrogen) atoms. The Morgan fingerprint density at radius 3 is 2.47 bits per heavy atom. The Balaban J connectivity index is 1.40. The molecular weight excluding hydrogens is 374 g/mol. The van der Waals surface area contributed by atoms with Crippen molar-refractivity contribution in [3.05, 3.63) is 107 Å². The summed E-state index contributed by atoms with van der Waals surface area (Å²) in [6, 6.07) is 26.5. The zero-order valence-electron chi connectivity index (χ0n) is 16.6. The summed E-state index contributed by atoms with van der Waals surface area (Å²) in [5.41, 5.74) is 5.54. The fourth-order valence-corrected chi connectivity index (χ4v) is 3.49. The molecule has 1 aromatic heterocycles. The minimum absolute atomic E-state index is 0.101. The van der Waals surface area contributed by atoms with Gasteiger partial charge in [0.15, 0.2) is 0 Å². The molecule has 0 amide bonds. The molecule has 6 heteroatoms. The molecule has 0 aliphatic carbocycles. The van der Waals surface area contributed by atoms with Crippen molar-refractivity contribution in [2.75, 3.05) is 5.32 Å². The van der Waals surface area contributed by atoms with Crippen LogP contribution < -0.4 is 10.1 Å². The third-order valence-electron chi connectivity index (χ3n) is 5.16. The van der Waals surface area contributed by atoms with E-state index in [1.54, 1.807) is 4.68 Å². The number of hydrogen-bond acceptors (Lipinski definition) is 5. The molecule has 0 saturated heterocycles. The van der Waals surface area contributed by atoms with Crippen LogP contribution in [0.2, 0.25) is 0 Å². The second-order valence-corrected chi connectivity index (χ2v) is 7.31. The van der Waals surface area contributed by atoms with Gasteiger partial charge in [-0.2, -0.15) is 4.68 Å². The molecule has 0 saturated carbocycles. The normalized spacial score (nSPS) is 15.1. The molecule has 1 aliphatic heterocycles. The minimum Gasteiger partial charge on any atom is -0.489 e. The van der Waals surface area contributed by atoms with Gasteiger partial charge in [-0.15, -0.1) is 0 Å². The number of nitrogens with one attached hydrogen (secondary N) is 1. The number of fused-ring (bicyclic) bond motifs is 1. The van der Waals surface area contributed by atoms with E-state index >= 15 is 0 Å². The van der Waals surface area contributed by atoms with Crippen LogP contribution in [0.4, 0.5) is 5.95 Å². The fourth-order valence-electron chi connectivity index (χ4n) is 3.49. The lowest BCUT2D eigenvalue weighted by Crippen LogP contribution is -2.20. The van der Waals surface area contributed by atoms with Gasteiger partial charge in [-0.05, 0) is 52.2 Å². The predicted octanol–water partition coefficient (Wildman–Crippen LogP) is 4.62. The molecule has 4 aromatic rings. The van der Waals surface area contributed by atoms with Crippen LogP contribution in [-0.4, -0.2) is 20.2 Å². The van der Waals surface area contributed by atoms with Crippen molar-refractivity contribution < 1.29 is 4.74 Å². The van der Waals surface area contributed by atoms with Gasteiger partial charge < -0.3 is 10.1 Å². The van der Waals surface area contributed by atoms with E-state index in [1.165, 1.54) is 5.56 Å². The van der Waals surface area contributed by atoms with E-state index in [2.05, 4.69) is 82.4 Å². The molecule has 0 unspecified atom stereocenters. The predicted molar refractivity (Wildman–Crippen MR) is 116 cm³/mol. The topological polar surface area (TPSA) is 64.9 Å². The average molecular weight is 395 g/mol. The van der Waals surface area contributed by atoms with Crippen molar-refractivity contribution >= 4 is 11.6 Å². The SMILES string of the molecule is Cc1ccc(C2=C[C@H](c3ccc(OCc4ccccc4)cc3)n3nnnc3N2)cc1. The number of benzene rings is 3. The molecule has 0 fully saturated rings. The molecule has 0 bridgehead atoms. The van der Waals surface area contributed by atoms with Gasteiger partial charge in [0.2, 0.25) is 5.95 Å². The summed E-state index contributed by atoms with van der Waals surface area (Å²) in [7, 11) is 0. The maximum atomic E-state index is 5.92. The van der Waals surface area contributed by atoms with Crippen molar-refractivity contribution in [1.29, 1.82) is 0 Å².